The highest BCUT2D eigenvalue weighted by molar-refractivity contribution is 7.54. The Morgan fingerprint density at radius 2 is 2.43 bits per heavy atom. The van der Waals surface area contributed by atoms with Gasteiger partial charge in [0.05, 0.1) is 6.61 Å². The van der Waals surface area contributed by atoms with Gasteiger partial charge in [0.2, 0.25) is 0 Å². The maximum Gasteiger partial charge on any atom is 0.345 e. The van der Waals surface area contributed by atoms with E-state index in [-0.39, 0.29) is 0 Å². The molecule has 0 spiro atoms. The molecule has 1 heterocycles. The molecule has 0 aromatic heterocycles. The largest absolute Gasteiger partial charge is 0.345 e. The van der Waals surface area contributed by atoms with Crippen LogP contribution in [0.2, 0.25) is 0 Å². The summed E-state index contributed by atoms with van der Waals surface area (Å²) in [5.41, 5.74) is 0. The van der Waals surface area contributed by atoms with Gasteiger partial charge in [-0.25, -0.2) is 9.97 Å². The first-order valence-corrected chi connectivity index (χ1v) is 6.32. The predicted molar refractivity (Wildman–Crippen MR) is 51.7 cm³/mol. The van der Waals surface area contributed by atoms with Crippen molar-refractivity contribution in [3.63, 3.8) is 0 Å². The summed E-state index contributed by atoms with van der Waals surface area (Å²) < 4.78 is 18.9. The van der Waals surface area contributed by atoms with Crippen LogP contribution >= 0.6 is 7.67 Å². The van der Waals surface area contributed by atoms with Crippen molar-refractivity contribution in [3.8, 4) is 0 Å². The second-order valence-corrected chi connectivity index (χ2v) is 5.10. The Hall–Kier alpha value is 0.0300. The Balaban J connectivity index is 2.77. The van der Waals surface area contributed by atoms with Gasteiger partial charge in [0.15, 0.2) is 6.23 Å². The molecule has 6 nitrogen and oxygen atoms in total. The molecule has 2 atom stereocenters. The molecule has 1 saturated heterocycles. The van der Waals surface area contributed by atoms with Crippen LogP contribution in [0.3, 0.4) is 0 Å². The molecule has 0 saturated carbocycles. The van der Waals surface area contributed by atoms with E-state index < -0.39 is 13.9 Å². The topological polar surface area (TPSA) is 71.0 Å². The number of nitrogens with zero attached hydrogens (tertiary/aromatic N) is 1. The molecule has 0 radical (unpaired) electrons. The molecule has 84 valence electrons. The van der Waals surface area contributed by atoms with Gasteiger partial charge in [-0.15, -0.1) is 0 Å². The molecule has 2 unspecified atom stereocenters. The van der Waals surface area contributed by atoms with Crippen LogP contribution in [0.15, 0.2) is 0 Å². The highest BCUT2D eigenvalue weighted by atomic mass is 31.2. The minimum Gasteiger partial charge on any atom is -0.306 e. The summed E-state index contributed by atoms with van der Waals surface area (Å²) in [6.45, 7) is 5.05. The lowest BCUT2D eigenvalue weighted by Gasteiger charge is -2.38. The fraction of sp³-hybridized carbons (Fsp3) is 1.00. The lowest BCUT2D eigenvalue weighted by atomic mass is 10.4. The molecule has 0 aromatic carbocycles. The summed E-state index contributed by atoms with van der Waals surface area (Å²) in [5, 5.41) is 11.4. The summed E-state index contributed by atoms with van der Waals surface area (Å²) in [6, 6.07) is 0. The monoisotopic (exact) mass is 224 g/mol. The minimum absolute atomic E-state index is 0.325. The van der Waals surface area contributed by atoms with Crippen molar-refractivity contribution in [1.29, 1.82) is 0 Å². The van der Waals surface area contributed by atoms with Crippen LogP contribution in [0.5, 0.6) is 0 Å². The van der Waals surface area contributed by atoms with Crippen molar-refractivity contribution < 1.29 is 19.2 Å². The number of rotatable bonds is 4. The third-order valence-corrected chi connectivity index (χ3v) is 4.57. The summed E-state index contributed by atoms with van der Waals surface area (Å²) >= 11 is 0. The second kappa shape index (κ2) is 5.21. The number of hydrogen-bond acceptors (Lipinski definition) is 4. The first-order chi connectivity index (χ1) is 6.68. The molecular weight excluding hydrogens is 207 g/mol. The molecular formula is C7H17N2O4P. The zero-order chi connectivity index (χ0) is 10.6. The fourth-order valence-corrected chi connectivity index (χ4v) is 3.55. The van der Waals surface area contributed by atoms with Crippen molar-refractivity contribution >= 4 is 7.67 Å². The van der Waals surface area contributed by atoms with Gasteiger partial charge >= 0.3 is 7.67 Å². The third kappa shape index (κ3) is 2.34. The van der Waals surface area contributed by atoms with Crippen molar-refractivity contribution in [2.24, 2.45) is 0 Å². The average Bonchev–Trinajstić information content (AvgIpc) is 2.17. The van der Waals surface area contributed by atoms with Gasteiger partial charge in [0.25, 0.3) is 0 Å². The normalized spacial score (nSPS) is 34.6. The first kappa shape index (κ1) is 12.1. The van der Waals surface area contributed by atoms with Gasteiger partial charge in [-0.1, -0.05) is 13.8 Å². The molecule has 0 bridgehead atoms. The summed E-state index contributed by atoms with van der Waals surface area (Å²) in [6.07, 6.45) is -0.0293. The highest BCUT2D eigenvalue weighted by Crippen LogP contribution is 2.51. The van der Waals surface area contributed by atoms with Gasteiger partial charge in [-0.2, -0.15) is 4.67 Å². The SMILES string of the molecule is CCNP1(=O)OCCC(OO)N1CC. The Bertz CT molecular complexity index is 220. The molecule has 1 rings (SSSR count). The maximum absolute atomic E-state index is 12.2. The van der Waals surface area contributed by atoms with Crippen LogP contribution in [0.25, 0.3) is 0 Å². The minimum atomic E-state index is -3.00. The maximum atomic E-state index is 12.2. The van der Waals surface area contributed by atoms with Crippen LogP contribution in [0.4, 0.5) is 0 Å². The van der Waals surface area contributed by atoms with Gasteiger partial charge < -0.3 is 4.52 Å². The zero-order valence-electron chi connectivity index (χ0n) is 8.47. The van der Waals surface area contributed by atoms with E-state index in [4.69, 9.17) is 9.78 Å². The van der Waals surface area contributed by atoms with Crippen molar-refractivity contribution in [2.45, 2.75) is 26.5 Å². The molecule has 1 aliphatic rings. The molecule has 1 fully saturated rings. The highest BCUT2D eigenvalue weighted by Gasteiger charge is 2.40. The van der Waals surface area contributed by atoms with E-state index in [1.807, 2.05) is 13.8 Å². The summed E-state index contributed by atoms with van der Waals surface area (Å²) in [5.74, 6) is 0. The Labute approximate surface area is 83.7 Å². The van der Waals surface area contributed by atoms with Gasteiger partial charge in [-0.3, -0.25) is 9.82 Å². The lowest BCUT2D eigenvalue weighted by molar-refractivity contribution is -0.308. The standard InChI is InChI=1S/C7H17N2O4P/c1-3-8-14(11)9(4-2)7(13-10)5-6-12-14/h7,10H,3-6H2,1-2H3,(H,8,11). The van der Waals surface area contributed by atoms with Crippen LogP contribution in [0, 0.1) is 0 Å². The van der Waals surface area contributed by atoms with E-state index in [0.29, 0.717) is 26.1 Å². The molecule has 14 heavy (non-hydrogen) atoms. The molecule has 0 aromatic rings. The van der Waals surface area contributed by atoms with Crippen molar-refractivity contribution in [1.82, 2.24) is 9.76 Å². The van der Waals surface area contributed by atoms with E-state index in [0.717, 1.165) is 0 Å². The van der Waals surface area contributed by atoms with Crippen LogP contribution in [0.1, 0.15) is 20.3 Å². The third-order valence-electron chi connectivity index (χ3n) is 2.11. The van der Waals surface area contributed by atoms with Crippen molar-refractivity contribution in [2.75, 3.05) is 19.7 Å². The van der Waals surface area contributed by atoms with Crippen LogP contribution in [-0.4, -0.2) is 35.9 Å². The molecule has 7 heteroatoms. The summed E-state index contributed by atoms with van der Waals surface area (Å²) in [7, 11) is -3.00. The van der Waals surface area contributed by atoms with E-state index in [1.54, 1.807) is 0 Å². The Morgan fingerprint density at radius 3 is 2.93 bits per heavy atom. The Kier molecular flexibility index (Phi) is 4.50. The predicted octanol–water partition coefficient (Wildman–Crippen LogP) is 1.26. The number of hydrogen-bond donors (Lipinski definition) is 2. The van der Waals surface area contributed by atoms with Gasteiger partial charge in [0, 0.05) is 19.5 Å². The molecule has 0 aliphatic carbocycles. The van der Waals surface area contributed by atoms with Crippen molar-refractivity contribution in [3.05, 3.63) is 0 Å². The summed E-state index contributed by atoms with van der Waals surface area (Å²) in [4.78, 5) is 4.27. The molecule has 1 aliphatic heterocycles. The van der Waals surface area contributed by atoms with Gasteiger partial charge in [0.1, 0.15) is 0 Å². The van der Waals surface area contributed by atoms with E-state index in [2.05, 4.69) is 9.97 Å². The number of nitrogens with one attached hydrogen (secondary N) is 1. The fourth-order valence-electron chi connectivity index (χ4n) is 1.50. The quantitative estimate of drug-likeness (QED) is 0.425. The smallest absolute Gasteiger partial charge is 0.306 e. The lowest BCUT2D eigenvalue weighted by Crippen LogP contribution is -2.43. The molecule has 2 N–H and O–H groups in total. The first-order valence-electron chi connectivity index (χ1n) is 4.75. The zero-order valence-corrected chi connectivity index (χ0v) is 9.37. The van der Waals surface area contributed by atoms with Crippen LogP contribution < -0.4 is 5.09 Å². The van der Waals surface area contributed by atoms with Gasteiger partial charge in [-0.05, 0) is 0 Å². The second-order valence-electron chi connectivity index (χ2n) is 2.97. The Morgan fingerprint density at radius 1 is 1.71 bits per heavy atom. The van der Waals surface area contributed by atoms with E-state index in [1.165, 1.54) is 4.67 Å². The average molecular weight is 224 g/mol. The molecule has 0 amide bonds. The van der Waals surface area contributed by atoms with Crippen LogP contribution in [-0.2, 0) is 14.0 Å². The van der Waals surface area contributed by atoms with E-state index in [9.17, 15) is 4.57 Å². The van der Waals surface area contributed by atoms with E-state index >= 15 is 0 Å².